The molecule has 3 aromatic heterocycles. The molecule has 6 rings (SSSR count). The summed E-state index contributed by atoms with van der Waals surface area (Å²) in [5, 5.41) is 4.44. The number of hydrogen-bond donors (Lipinski definition) is 0. The van der Waals surface area contributed by atoms with Crippen LogP contribution in [-0.2, 0) is 10.9 Å². The number of aryl methyl sites for hydroxylation is 2. The fourth-order valence-electron chi connectivity index (χ4n) is 4.77. The minimum absolute atomic E-state index is 0.0872. The van der Waals surface area contributed by atoms with Gasteiger partial charge in [-0.1, -0.05) is 0 Å². The van der Waals surface area contributed by atoms with Gasteiger partial charge in [0.1, 0.15) is 28.7 Å². The van der Waals surface area contributed by atoms with E-state index in [1.54, 1.807) is 20.0 Å². The quantitative estimate of drug-likeness (QED) is 0.294. The number of alkyl halides is 3. The monoisotopic (exact) mass is 530 g/mol. The maximum Gasteiger partial charge on any atom is 0.419 e. The molecule has 12 heteroatoms. The molecule has 2 atom stereocenters. The summed E-state index contributed by atoms with van der Waals surface area (Å²) in [5.74, 6) is -2.75. The summed E-state index contributed by atoms with van der Waals surface area (Å²) in [6, 6.07) is 1.09. The number of aromatic nitrogens is 6. The lowest BCUT2D eigenvalue weighted by Crippen LogP contribution is -2.20. The molecule has 7 nitrogen and oxygen atoms in total. The van der Waals surface area contributed by atoms with Gasteiger partial charge in [-0.3, -0.25) is 4.68 Å². The highest BCUT2D eigenvalue weighted by Crippen LogP contribution is 2.41. The number of hydrogen-bond acceptors (Lipinski definition) is 6. The van der Waals surface area contributed by atoms with Gasteiger partial charge in [-0.25, -0.2) is 28.7 Å². The highest BCUT2D eigenvalue weighted by atomic mass is 19.4. The van der Waals surface area contributed by atoms with Crippen LogP contribution in [-0.4, -0.2) is 36.3 Å². The summed E-state index contributed by atoms with van der Waals surface area (Å²) in [6.07, 6.45) is 1.76. The van der Waals surface area contributed by atoms with Crippen molar-refractivity contribution in [3.05, 3.63) is 64.5 Å². The van der Waals surface area contributed by atoms with Crippen molar-refractivity contribution in [1.82, 2.24) is 29.7 Å². The van der Waals surface area contributed by atoms with Gasteiger partial charge in [0.05, 0.1) is 35.3 Å². The second-order valence-electron chi connectivity index (χ2n) is 9.87. The van der Waals surface area contributed by atoms with E-state index < -0.39 is 28.9 Å². The first-order valence-corrected chi connectivity index (χ1v) is 12.3. The van der Waals surface area contributed by atoms with Crippen LogP contribution < -0.4 is 0 Å². The number of fused-ring (bicyclic) bond motifs is 1. The average Bonchev–Trinajstić information content (AvgIpc) is 3.61. The summed E-state index contributed by atoms with van der Waals surface area (Å²) in [6.45, 7) is 3.85. The van der Waals surface area contributed by atoms with Crippen LogP contribution in [0.4, 0.5) is 22.0 Å². The lowest BCUT2D eigenvalue weighted by molar-refractivity contribution is -0.140. The molecule has 2 aliphatic rings. The zero-order chi connectivity index (χ0) is 26.8. The number of benzene rings is 1. The van der Waals surface area contributed by atoms with Crippen molar-refractivity contribution in [3.8, 4) is 11.3 Å². The molecule has 0 N–H and O–H groups in total. The number of rotatable bonds is 4. The topological polar surface area (TPSA) is 78.6 Å². The first-order chi connectivity index (χ1) is 18.1. The van der Waals surface area contributed by atoms with Crippen molar-refractivity contribution in [1.29, 1.82) is 0 Å². The van der Waals surface area contributed by atoms with E-state index in [2.05, 4.69) is 25.0 Å². The lowest BCUT2D eigenvalue weighted by Gasteiger charge is -2.28. The van der Waals surface area contributed by atoms with Gasteiger partial charge in [0.2, 0.25) is 0 Å². The predicted octanol–water partition coefficient (Wildman–Crippen LogP) is 6.17. The fourth-order valence-corrected chi connectivity index (χ4v) is 4.77. The maximum absolute atomic E-state index is 15.1. The van der Waals surface area contributed by atoms with Gasteiger partial charge in [0.15, 0.2) is 5.65 Å². The van der Waals surface area contributed by atoms with E-state index in [0.717, 1.165) is 18.4 Å². The van der Waals surface area contributed by atoms with E-state index in [-0.39, 0.29) is 34.9 Å². The molecule has 0 bridgehead atoms. The van der Waals surface area contributed by atoms with Crippen molar-refractivity contribution in [2.45, 2.75) is 63.8 Å². The molecule has 1 saturated carbocycles. The van der Waals surface area contributed by atoms with Crippen molar-refractivity contribution in [2.24, 2.45) is 0 Å². The van der Waals surface area contributed by atoms with Crippen LogP contribution in [0.1, 0.15) is 72.1 Å². The molecule has 4 aromatic rings. The molecular weight excluding hydrogens is 507 g/mol. The van der Waals surface area contributed by atoms with Gasteiger partial charge in [-0.15, -0.1) is 0 Å². The molecule has 4 heterocycles. The maximum atomic E-state index is 15.1. The van der Waals surface area contributed by atoms with Crippen molar-refractivity contribution in [2.75, 3.05) is 6.61 Å². The minimum atomic E-state index is -5.04. The molecule has 1 aliphatic heterocycles. The van der Waals surface area contributed by atoms with Gasteiger partial charge in [-0.2, -0.15) is 18.3 Å². The summed E-state index contributed by atoms with van der Waals surface area (Å²) >= 11 is 0. The summed E-state index contributed by atoms with van der Waals surface area (Å²) in [5.41, 5.74) is 0.0679. The normalized spacial score (nSPS) is 20.3. The van der Waals surface area contributed by atoms with Crippen molar-refractivity contribution in [3.63, 3.8) is 0 Å². The smallest absolute Gasteiger partial charge is 0.373 e. The molecule has 0 amide bonds. The van der Waals surface area contributed by atoms with Crippen LogP contribution in [0.15, 0.2) is 24.5 Å². The van der Waals surface area contributed by atoms with Crippen LogP contribution in [0, 0.1) is 25.5 Å². The molecular formula is C26H23F5N6O. The Kier molecular flexibility index (Phi) is 5.89. The van der Waals surface area contributed by atoms with Crippen LogP contribution in [0.25, 0.3) is 22.4 Å². The third-order valence-electron chi connectivity index (χ3n) is 7.14. The van der Waals surface area contributed by atoms with Gasteiger partial charge in [-0.05, 0) is 51.7 Å². The number of ether oxygens (including phenoxy) is 1. The third kappa shape index (κ3) is 4.50. The Morgan fingerprint density at radius 1 is 0.947 bits per heavy atom. The molecule has 0 spiro atoms. The first kappa shape index (κ1) is 24.8. The van der Waals surface area contributed by atoms with E-state index in [0.29, 0.717) is 48.8 Å². The van der Waals surface area contributed by atoms with Crippen molar-refractivity contribution < 1.29 is 26.7 Å². The Morgan fingerprint density at radius 2 is 1.71 bits per heavy atom. The van der Waals surface area contributed by atoms with Gasteiger partial charge < -0.3 is 4.74 Å². The fraction of sp³-hybridized carbons (Fsp3) is 0.423. The number of halogens is 5. The minimum Gasteiger partial charge on any atom is -0.373 e. The Hall–Kier alpha value is -3.54. The second-order valence-corrected chi connectivity index (χ2v) is 9.87. The van der Waals surface area contributed by atoms with Gasteiger partial charge >= 0.3 is 6.18 Å². The summed E-state index contributed by atoms with van der Waals surface area (Å²) in [7, 11) is 0. The summed E-state index contributed by atoms with van der Waals surface area (Å²) in [4.78, 5) is 18.1. The van der Waals surface area contributed by atoms with Gasteiger partial charge in [0, 0.05) is 29.8 Å². The largest absolute Gasteiger partial charge is 0.419 e. The van der Waals surface area contributed by atoms with Crippen LogP contribution in [0.3, 0.4) is 0 Å². The van der Waals surface area contributed by atoms with Crippen LogP contribution >= 0.6 is 0 Å². The van der Waals surface area contributed by atoms with Crippen molar-refractivity contribution >= 4 is 11.2 Å². The van der Waals surface area contributed by atoms with Gasteiger partial charge in [0.25, 0.3) is 0 Å². The van der Waals surface area contributed by atoms with E-state index in [1.807, 2.05) is 10.9 Å². The predicted molar refractivity (Wildman–Crippen MR) is 126 cm³/mol. The Balaban J connectivity index is 1.43. The molecule has 1 aliphatic carbocycles. The van der Waals surface area contributed by atoms with E-state index in [4.69, 9.17) is 4.74 Å². The SMILES string of the molecule is Cc1nc2nc([C@H]3CCO[C@@H](c4cnn(C5CC5)c4)C3)nc(-c3cc(F)c(C(F)(F)F)cc3F)c2nc1C. The molecule has 1 aromatic carbocycles. The molecule has 0 unspecified atom stereocenters. The Bertz CT molecular complexity index is 1550. The summed E-state index contributed by atoms with van der Waals surface area (Å²) < 4.78 is 77.1. The number of nitrogens with zero attached hydrogens (tertiary/aromatic N) is 6. The molecule has 1 saturated heterocycles. The first-order valence-electron chi connectivity index (χ1n) is 12.3. The molecule has 0 radical (unpaired) electrons. The standard InChI is InChI=1S/C26H23F5N6O/c1-12-13(2)34-25-23(33-12)22(17-8-20(28)18(9-19(17)27)26(29,30)31)35-24(36-25)14-5-6-38-21(7-14)15-10-32-37(11-15)16-3-4-16/h8-11,14,16,21H,3-7H2,1-2H3/t14-,21+/m0/s1. The highest BCUT2D eigenvalue weighted by Gasteiger charge is 2.36. The van der Waals surface area contributed by atoms with E-state index in [9.17, 15) is 17.6 Å². The van der Waals surface area contributed by atoms with E-state index in [1.165, 1.54) is 0 Å². The molecule has 2 fully saturated rings. The van der Waals surface area contributed by atoms with Crippen LogP contribution in [0.5, 0.6) is 0 Å². The lowest BCUT2D eigenvalue weighted by atomic mass is 9.92. The molecule has 38 heavy (non-hydrogen) atoms. The van der Waals surface area contributed by atoms with Crippen LogP contribution in [0.2, 0.25) is 0 Å². The Morgan fingerprint density at radius 3 is 2.45 bits per heavy atom. The molecule has 198 valence electrons. The second kappa shape index (κ2) is 9.04. The van der Waals surface area contributed by atoms with E-state index >= 15 is 4.39 Å². The highest BCUT2D eigenvalue weighted by molar-refractivity contribution is 5.87. The Labute approximate surface area is 214 Å². The average molecular weight is 531 g/mol. The zero-order valence-electron chi connectivity index (χ0n) is 20.6. The third-order valence-corrected chi connectivity index (χ3v) is 7.14. The zero-order valence-corrected chi connectivity index (χ0v) is 20.6.